The number of amides is 1. The van der Waals surface area contributed by atoms with E-state index < -0.39 is 0 Å². The molecule has 1 aliphatic heterocycles. The van der Waals surface area contributed by atoms with E-state index in [9.17, 15) is 10.1 Å². The number of hydrogen-bond acceptors (Lipinski definition) is 4. The number of nitrogens with two attached hydrogens (primary N) is 1. The Morgan fingerprint density at radius 3 is 2.78 bits per heavy atom. The molecule has 1 aliphatic carbocycles. The first-order chi connectivity index (χ1) is 13.2. The second-order valence-corrected chi connectivity index (χ2v) is 7.15. The number of fused-ring (bicyclic) bond motifs is 1. The maximum atomic E-state index is 12.9. The van der Waals surface area contributed by atoms with Crippen LogP contribution in [0.25, 0.3) is 0 Å². The molecule has 0 saturated carbocycles. The van der Waals surface area contributed by atoms with Gasteiger partial charge in [0.15, 0.2) is 0 Å². The van der Waals surface area contributed by atoms with E-state index in [1.165, 1.54) is 0 Å². The molecule has 2 aliphatic rings. The van der Waals surface area contributed by atoms with Gasteiger partial charge in [0, 0.05) is 30.8 Å². The third kappa shape index (κ3) is 3.19. The van der Waals surface area contributed by atoms with Crippen molar-refractivity contribution < 1.29 is 4.79 Å². The number of benzene rings is 1. The summed E-state index contributed by atoms with van der Waals surface area (Å²) in [6.45, 7) is 1.10. The van der Waals surface area contributed by atoms with Gasteiger partial charge in [-0.25, -0.2) is 4.98 Å². The van der Waals surface area contributed by atoms with Gasteiger partial charge < -0.3 is 10.6 Å². The number of anilines is 1. The lowest BCUT2D eigenvalue weighted by Crippen LogP contribution is -2.37. The highest BCUT2D eigenvalue weighted by molar-refractivity contribution is 5.94. The van der Waals surface area contributed by atoms with Gasteiger partial charge in [-0.2, -0.15) is 5.26 Å². The molecule has 4 rings (SSSR count). The number of rotatable bonds is 2. The molecule has 1 atom stereocenters. The molecule has 0 saturated heterocycles. The number of nitrogen functional groups attached to an aromatic ring is 1. The van der Waals surface area contributed by atoms with Crippen LogP contribution in [0.15, 0.2) is 42.5 Å². The first kappa shape index (κ1) is 17.3. The number of pyridine rings is 1. The normalized spacial score (nSPS) is 18.6. The molecular weight excluding hydrogens is 336 g/mol. The van der Waals surface area contributed by atoms with Crippen LogP contribution in [-0.4, -0.2) is 22.3 Å². The van der Waals surface area contributed by atoms with Crippen molar-refractivity contribution in [3.05, 3.63) is 70.4 Å². The number of allylic oxidation sites excluding steroid dienone is 2. The fraction of sp³-hybridized carbons (Fsp3) is 0.318. The molecule has 136 valence electrons. The van der Waals surface area contributed by atoms with Crippen molar-refractivity contribution in [1.82, 2.24) is 9.88 Å². The average molecular weight is 358 g/mol. The Bertz CT molecular complexity index is 943. The third-order valence-electron chi connectivity index (χ3n) is 5.52. The van der Waals surface area contributed by atoms with E-state index in [2.05, 4.69) is 23.2 Å². The highest BCUT2D eigenvalue weighted by atomic mass is 16.2. The summed E-state index contributed by atoms with van der Waals surface area (Å²) in [7, 11) is 0. The quantitative estimate of drug-likeness (QED) is 0.832. The summed E-state index contributed by atoms with van der Waals surface area (Å²) in [5.74, 6) is 0.602. The molecule has 1 unspecified atom stereocenters. The molecule has 0 fully saturated rings. The van der Waals surface area contributed by atoms with Crippen LogP contribution in [0.3, 0.4) is 0 Å². The molecule has 2 heterocycles. The smallest absolute Gasteiger partial charge is 0.254 e. The summed E-state index contributed by atoms with van der Waals surface area (Å²) < 4.78 is 0. The van der Waals surface area contributed by atoms with Gasteiger partial charge in [0.05, 0.1) is 5.56 Å². The number of aromatic nitrogens is 1. The lowest BCUT2D eigenvalue weighted by Gasteiger charge is -2.33. The number of carbonyl (C=O) groups is 1. The first-order valence-electron chi connectivity index (χ1n) is 9.39. The Balaban J connectivity index is 1.74. The number of hydrogen-bond donors (Lipinski definition) is 1. The zero-order chi connectivity index (χ0) is 18.8. The van der Waals surface area contributed by atoms with Gasteiger partial charge in [-0.15, -0.1) is 0 Å². The van der Waals surface area contributed by atoms with Crippen molar-refractivity contribution in [2.75, 3.05) is 12.3 Å². The van der Waals surface area contributed by atoms with Gasteiger partial charge >= 0.3 is 0 Å². The van der Waals surface area contributed by atoms with Crippen LogP contribution >= 0.6 is 0 Å². The summed E-state index contributed by atoms with van der Waals surface area (Å²) >= 11 is 0. The highest BCUT2D eigenvalue weighted by Gasteiger charge is 2.30. The van der Waals surface area contributed by atoms with Crippen LogP contribution in [-0.2, 0) is 13.0 Å². The average Bonchev–Trinajstić information content (AvgIpc) is 2.73. The van der Waals surface area contributed by atoms with Gasteiger partial charge in [-0.1, -0.05) is 30.4 Å². The molecule has 0 bridgehead atoms. The predicted molar refractivity (Wildman–Crippen MR) is 104 cm³/mol. The van der Waals surface area contributed by atoms with Crippen molar-refractivity contribution in [1.29, 1.82) is 5.26 Å². The van der Waals surface area contributed by atoms with E-state index in [4.69, 9.17) is 5.73 Å². The van der Waals surface area contributed by atoms with Crippen molar-refractivity contribution in [3.63, 3.8) is 0 Å². The summed E-state index contributed by atoms with van der Waals surface area (Å²) in [5, 5.41) is 9.72. The second-order valence-electron chi connectivity index (χ2n) is 7.15. The maximum absolute atomic E-state index is 12.9. The Morgan fingerprint density at radius 2 is 2.07 bits per heavy atom. The van der Waals surface area contributed by atoms with Gasteiger partial charge in [0.2, 0.25) is 0 Å². The number of carbonyl (C=O) groups excluding carboxylic acids is 1. The zero-order valence-electron chi connectivity index (χ0n) is 15.2. The van der Waals surface area contributed by atoms with Gasteiger partial charge in [-0.3, -0.25) is 4.79 Å². The molecule has 1 amide bonds. The molecule has 1 aromatic carbocycles. The van der Waals surface area contributed by atoms with Crippen molar-refractivity contribution >= 4 is 11.7 Å². The molecule has 5 nitrogen and oxygen atoms in total. The lowest BCUT2D eigenvalue weighted by atomic mass is 9.81. The third-order valence-corrected chi connectivity index (χ3v) is 5.52. The molecule has 5 heteroatoms. The number of nitrogens with zero attached hydrogens (tertiary/aromatic N) is 3. The van der Waals surface area contributed by atoms with E-state index in [-0.39, 0.29) is 11.8 Å². The molecule has 27 heavy (non-hydrogen) atoms. The van der Waals surface area contributed by atoms with Gasteiger partial charge in [-0.05, 0) is 48.4 Å². The van der Waals surface area contributed by atoms with Crippen LogP contribution in [0, 0.1) is 11.3 Å². The minimum absolute atomic E-state index is 0.0195. The summed E-state index contributed by atoms with van der Waals surface area (Å²) in [6, 6.07) is 11.6. The van der Waals surface area contributed by atoms with E-state index in [1.54, 1.807) is 0 Å². The SMILES string of the molecule is N#Cc1c(N)nc2c(c1C1CC=CCC1)CN(C(=O)c1ccccc1)CC2. The van der Waals surface area contributed by atoms with E-state index in [0.717, 1.165) is 36.1 Å². The van der Waals surface area contributed by atoms with E-state index in [0.29, 0.717) is 36.5 Å². The Kier molecular flexibility index (Phi) is 4.64. The summed E-state index contributed by atoms with van der Waals surface area (Å²) in [4.78, 5) is 19.3. The lowest BCUT2D eigenvalue weighted by molar-refractivity contribution is 0.0732. The molecule has 0 spiro atoms. The van der Waals surface area contributed by atoms with Crippen LogP contribution in [0.5, 0.6) is 0 Å². The summed E-state index contributed by atoms with van der Waals surface area (Å²) in [6.07, 6.45) is 7.92. The van der Waals surface area contributed by atoms with E-state index >= 15 is 0 Å². The Labute approximate surface area is 159 Å². The molecule has 0 radical (unpaired) electrons. The first-order valence-corrected chi connectivity index (χ1v) is 9.39. The minimum atomic E-state index is 0.0195. The minimum Gasteiger partial charge on any atom is -0.383 e. The highest BCUT2D eigenvalue weighted by Crippen LogP contribution is 2.38. The van der Waals surface area contributed by atoms with Crippen LogP contribution < -0.4 is 5.73 Å². The van der Waals surface area contributed by atoms with Crippen LogP contribution in [0.1, 0.15) is 57.9 Å². The second kappa shape index (κ2) is 7.24. The molecule has 1 aromatic heterocycles. The Morgan fingerprint density at radius 1 is 1.26 bits per heavy atom. The van der Waals surface area contributed by atoms with Gasteiger partial charge in [0.1, 0.15) is 11.9 Å². The molecule has 2 N–H and O–H groups in total. The van der Waals surface area contributed by atoms with Crippen molar-refractivity contribution in [2.24, 2.45) is 0 Å². The van der Waals surface area contributed by atoms with E-state index in [1.807, 2.05) is 35.2 Å². The topological polar surface area (TPSA) is 83.0 Å². The maximum Gasteiger partial charge on any atom is 0.254 e. The summed E-state index contributed by atoms with van der Waals surface area (Å²) in [5.41, 5.74) is 10.3. The standard InChI is InChI=1S/C22H22N4O/c23-13-17-20(15-7-3-1-4-8-15)18-14-26(12-11-19(18)25-21(17)24)22(27)16-9-5-2-6-10-16/h1-3,5-6,9-10,15H,4,7-8,11-12,14H2,(H2,24,25). The number of nitriles is 1. The molecular formula is C22H22N4O. The van der Waals surface area contributed by atoms with Crippen LogP contribution in [0.2, 0.25) is 0 Å². The largest absolute Gasteiger partial charge is 0.383 e. The van der Waals surface area contributed by atoms with Gasteiger partial charge in [0.25, 0.3) is 5.91 Å². The van der Waals surface area contributed by atoms with Crippen molar-refractivity contribution in [3.8, 4) is 6.07 Å². The predicted octanol–water partition coefficient (Wildman–Crippen LogP) is 3.56. The molecule has 2 aromatic rings. The fourth-order valence-electron chi connectivity index (χ4n) is 4.17. The monoisotopic (exact) mass is 358 g/mol. The Hall–Kier alpha value is -3.13. The van der Waals surface area contributed by atoms with Crippen LogP contribution in [0.4, 0.5) is 5.82 Å². The van der Waals surface area contributed by atoms with Crippen molar-refractivity contribution in [2.45, 2.75) is 38.1 Å². The zero-order valence-corrected chi connectivity index (χ0v) is 15.2. The fourth-order valence-corrected chi connectivity index (χ4v) is 4.17.